The highest BCUT2D eigenvalue weighted by Crippen LogP contribution is 2.38. The molecule has 2 aliphatic rings. The number of nitrogens with one attached hydrogen (secondary N) is 2. The molecular formula is C15H26N6. The number of likely N-dealkylation sites (tertiary alicyclic amines) is 1. The normalized spacial score (nSPS) is 21.0. The fourth-order valence-electron chi connectivity index (χ4n) is 2.97. The molecule has 4 N–H and O–H groups in total. The van der Waals surface area contributed by atoms with Gasteiger partial charge in [-0.1, -0.05) is 6.42 Å². The summed E-state index contributed by atoms with van der Waals surface area (Å²) in [7, 11) is 0. The van der Waals surface area contributed by atoms with E-state index in [0.717, 1.165) is 18.2 Å². The molecule has 6 nitrogen and oxygen atoms in total. The van der Waals surface area contributed by atoms with Crippen LogP contribution in [-0.2, 0) is 0 Å². The Morgan fingerprint density at radius 3 is 2.62 bits per heavy atom. The Hall–Kier alpha value is -1.40. The highest BCUT2D eigenvalue weighted by atomic mass is 15.3. The van der Waals surface area contributed by atoms with Gasteiger partial charge in [-0.05, 0) is 45.7 Å². The topological polar surface area (TPSA) is 79.1 Å². The van der Waals surface area contributed by atoms with Crippen LogP contribution in [0.5, 0.6) is 0 Å². The molecule has 1 aromatic rings. The summed E-state index contributed by atoms with van der Waals surface area (Å²) in [4.78, 5) is 11.6. The van der Waals surface area contributed by atoms with Gasteiger partial charge in [0.05, 0.1) is 0 Å². The number of nitrogens with two attached hydrogens (primary N) is 1. The number of piperidine rings is 1. The van der Waals surface area contributed by atoms with Gasteiger partial charge in [0.1, 0.15) is 17.5 Å². The average Bonchev–Trinajstić information content (AvgIpc) is 3.32. The Morgan fingerprint density at radius 2 is 1.95 bits per heavy atom. The van der Waals surface area contributed by atoms with Crippen molar-refractivity contribution in [3.63, 3.8) is 0 Å². The van der Waals surface area contributed by atoms with Gasteiger partial charge >= 0.3 is 0 Å². The Kier molecular flexibility index (Phi) is 4.55. The highest BCUT2D eigenvalue weighted by molar-refractivity contribution is 5.48. The first-order valence-electron chi connectivity index (χ1n) is 8.09. The third kappa shape index (κ3) is 4.04. The lowest BCUT2D eigenvalue weighted by Crippen LogP contribution is -2.38. The molecular weight excluding hydrogens is 264 g/mol. The van der Waals surface area contributed by atoms with Crippen molar-refractivity contribution in [1.82, 2.24) is 14.9 Å². The molecule has 1 aliphatic carbocycles. The Balaban J connectivity index is 1.61. The molecule has 3 rings (SSSR count). The van der Waals surface area contributed by atoms with E-state index in [1.54, 1.807) is 0 Å². The standard InChI is InChI=1S/C15H26N6/c1-11(10-21-7-3-2-4-8-21)17-13-9-14(20-16)19-15(18-13)12-5-6-12/h9,11-12H,2-8,10,16H2,1H3,(H2,17,18,19,20). The molecule has 0 bridgehead atoms. The van der Waals surface area contributed by atoms with E-state index in [-0.39, 0.29) is 0 Å². The van der Waals surface area contributed by atoms with Gasteiger partial charge in [0.15, 0.2) is 0 Å². The molecule has 1 saturated heterocycles. The first-order chi connectivity index (χ1) is 10.2. The van der Waals surface area contributed by atoms with E-state index in [1.165, 1.54) is 45.2 Å². The Bertz CT molecular complexity index is 467. The van der Waals surface area contributed by atoms with Crippen molar-refractivity contribution in [2.24, 2.45) is 5.84 Å². The van der Waals surface area contributed by atoms with Crippen LogP contribution in [0.15, 0.2) is 6.07 Å². The molecule has 6 heteroatoms. The highest BCUT2D eigenvalue weighted by Gasteiger charge is 2.27. The maximum Gasteiger partial charge on any atom is 0.145 e. The number of hydrazine groups is 1. The van der Waals surface area contributed by atoms with Crippen LogP contribution in [-0.4, -0.2) is 40.5 Å². The Morgan fingerprint density at radius 1 is 1.24 bits per heavy atom. The zero-order valence-corrected chi connectivity index (χ0v) is 12.8. The van der Waals surface area contributed by atoms with Crippen LogP contribution in [0.3, 0.4) is 0 Å². The third-order valence-electron chi connectivity index (χ3n) is 4.21. The number of hydrogen-bond acceptors (Lipinski definition) is 6. The maximum absolute atomic E-state index is 5.51. The summed E-state index contributed by atoms with van der Waals surface area (Å²) in [5.74, 6) is 8.52. The van der Waals surface area contributed by atoms with Crippen molar-refractivity contribution in [3.8, 4) is 0 Å². The largest absolute Gasteiger partial charge is 0.366 e. The van der Waals surface area contributed by atoms with Gasteiger partial charge in [0.2, 0.25) is 0 Å². The van der Waals surface area contributed by atoms with Gasteiger partial charge in [-0.15, -0.1) is 0 Å². The summed E-state index contributed by atoms with van der Waals surface area (Å²) in [6.07, 6.45) is 6.41. The second kappa shape index (κ2) is 6.58. The van der Waals surface area contributed by atoms with Gasteiger partial charge in [-0.2, -0.15) is 0 Å². The number of rotatable bonds is 6. The minimum atomic E-state index is 0.371. The molecule has 116 valence electrons. The summed E-state index contributed by atoms with van der Waals surface area (Å²) in [6, 6.07) is 2.26. The number of hydrogen-bond donors (Lipinski definition) is 3. The Labute approximate surface area is 126 Å². The van der Waals surface area contributed by atoms with E-state index in [1.807, 2.05) is 6.07 Å². The summed E-state index contributed by atoms with van der Waals surface area (Å²) < 4.78 is 0. The van der Waals surface area contributed by atoms with E-state index >= 15 is 0 Å². The van der Waals surface area contributed by atoms with Crippen molar-refractivity contribution < 1.29 is 0 Å². The van der Waals surface area contributed by atoms with Gasteiger partial charge in [0, 0.05) is 24.6 Å². The van der Waals surface area contributed by atoms with Crippen LogP contribution >= 0.6 is 0 Å². The molecule has 21 heavy (non-hydrogen) atoms. The minimum absolute atomic E-state index is 0.371. The summed E-state index contributed by atoms with van der Waals surface area (Å²) in [5, 5.41) is 3.50. The molecule has 1 saturated carbocycles. The van der Waals surface area contributed by atoms with Crippen LogP contribution < -0.4 is 16.6 Å². The van der Waals surface area contributed by atoms with Gasteiger partial charge in [-0.3, -0.25) is 0 Å². The number of anilines is 2. The monoisotopic (exact) mass is 290 g/mol. The van der Waals surface area contributed by atoms with E-state index in [0.29, 0.717) is 17.8 Å². The lowest BCUT2D eigenvalue weighted by Gasteiger charge is -2.29. The van der Waals surface area contributed by atoms with E-state index in [2.05, 4.69) is 32.5 Å². The number of nitrogens with zero attached hydrogens (tertiary/aromatic N) is 3. The van der Waals surface area contributed by atoms with Gasteiger partial charge < -0.3 is 15.6 Å². The van der Waals surface area contributed by atoms with Crippen LogP contribution in [0.1, 0.15) is 50.8 Å². The van der Waals surface area contributed by atoms with Crippen molar-refractivity contribution in [3.05, 3.63) is 11.9 Å². The molecule has 0 spiro atoms. The summed E-state index contributed by atoms with van der Waals surface area (Å²) >= 11 is 0. The molecule has 2 fully saturated rings. The van der Waals surface area contributed by atoms with Crippen molar-refractivity contribution >= 4 is 11.6 Å². The fourth-order valence-corrected chi connectivity index (χ4v) is 2.97. The van der Waals surface area contributed by atoms with E-state index in [4.69, 9.17) is 5.84 Å². The zero-order chi connectivity index (χ0) is 14.7. The molecule has 2 heterocycles. The van der Waals surface area contributed by atoms with Crippen molar-refractivity contribution in [1.29, 1.82) is 0 Å². The molecule has 1 aromatic heterocycles. The van der Waals surface area contributed by atoms with Crippen LogP contribution in [0.4, 0.5) is 11.6 Å². The predicted octanol–water partition coefficient (Wildman–Crippen LogP) is 1.93. The van der Waals surface area contributed by atoms with Crippen LogP contribution in [0.25, 0.3) is 0 Å². The average molecular weight is 290 g/mol. The van der Waals surface area contributed by atoms with Crippen molar-refractivity contribution in [2.45, 2.75) is 51.0 Å². The lowest BCUT2D eigenvalue weighted by atomic mass is 10.1. The lowest BCUT2D eigenvalue weighted by molar-refractivity contribution is 0.223. The number of nitrogen functional groups attached to an aromatic ring is 1. The minimum Gasteiger partial charge on any atom is -0.366 e. The molecule has 1 aliphatic heterocycles. The predicted molar refractivity (Wildman–Crippen MR) is 85.2 cm³/mol. The van der Waals surface area contributed by atoms with E-state index in [9.17, 15) is 0 Å². The van der Waals surface area contributed by atoms with Gasteiger partial charge in [-0.25, -0.2) is 15.8 Å². The van der Waals surface area contributed by atoms with Crippen molar-refractivity contribution in [2.75, 3.05) is 30.4 Å². The first kappa shape index (κ1) is 14.5. The smallest absolute Gasteiger partial charge is 0.145 e. The SMILES string of the molecule is CC(CN1CCCCC1)Nc1cc(NN)nc(C2CC2)n1. The first-order valence-corrected chi connectivity index (χ1v) is 8.09. The van der Waals surface area contributed by atoms with Crippen LogP contribution in [0.2, 0.25) is 0 Å². The fraction of sp³-hybridized carbons (Fsp3) is 0.733. The summed E-state index contributed by atoms with van der Waals surface area (Å²) in [6.45, 7) is 5.72. The molecule has 0 amide bonds. The zero-order valence-electron chi connectivity index (χ0n) is 12.8. The van der Waals surface area contributed by atoms with E-state index < -0.39 is 0 Å². The van der Waals surface area contributed by atoms with Gasteiger partial charge in [0.25, 0.3) is 0 Å². The molecule has 1 atom stereocenters. The molecule has 0 aromatic carbocycles. The summed E-state index contributed by atoms with van der Waals surface area (Å²) in [5.41, 5.74) is 2.64. The quantitative estimate of drug-likeness (QED) is 0.549. The molecule has 1 unspecified atom stereocenters. The van der Waals surface area contributed by atoms with Crippen LogP contribution in [0, 0.1) is 0 Å². The third-order valence-corrected chi connectivity index (χ3v) is 4.21. The second-order valence-corrected chi connectivity index (χ2v) is 6.32. The maximum atomic E-state index is 5.51. The molecule has 0 radical (unpaired) electrons. The second-order valence-electron chi connectivity index (χ2n) is 6.32. The number of aromatic nitrogens is 2.